The smallest absolute Gasteiger partial charge is 0.227 e. The lowest BCUT2D eigenvalue weighted by molar-refractivity contribution is 0.359. The van der Waals surface area contributed by atoms with Crippen molar-refractivity contribution in [2.45, 2.75) is 39.2 Å². The second-order valence-electron chi connectivity index (χ2n) is 5.29. The van der Waals surface area contributed by atoms with Crippen LogP contribution < -0.4 is 5.32 Å². The summed E-state index contributed by atoms with van der Waals surface area (Å²) >= 11 is 1.71. The second kappa shape index (κ2) is 5.63. The normalized spacial score (nSPS) is 11.9. The van der Waals surface area contributed by atoms with E-state index < -0.39 is 0 Å². The molecule has 2 rings (SSSR count). The van der Waals surface area contributed by atoms with Crippen LogP contribution >= 0.6 is 11.3 Å². The van der Waals surface area contributed by atoms with E-state index in [1.807, 2.05) is 6.07 Å². The molecule has 0 spiro atoms. The number of hydrogen-bond acceptors (Lipinski definition) is 5. The van der Waals surface area contributed by atoms with Gasteiger partial charge in [0.15, 0.2) is 5.82 Å². The fourth-order valence-electron chi connectivity index (χ4n) is 1.58. The molecule has 0 unspecified atom stereocenters. The number of hydrogen-bond donors (Lipinski definition) is 1. The van der Waals surface area contributed by atoms with E-state index in [0.717, 1.165) is 25.2 Å². The molecule has 4 nitrogen and oxygen atoms in total. The molecule has 0 amide bonds. The highest BCUT2D eigenvalue weighted by Crippen LogP contribution is 2.12. The number of nitrogens with one attached hydrogen (secondary N) is 1. The van der Waals surface area contributed by atoms with Gasteiger partial charge in [-0.2, -0.15) is 4.98 Å². The molecule has 98 valence electrons. The molecule has 2 heterocycles. The standard InChI is InChI=1S/C13H19N3OS/c1-13(2,3)14-7-6-12-15-11(16-17-12)9-10-5-4-8-18-10/h4-5,8,14H,6-7,9H2,1-3H3. The third-order valence-corrected chi connectivity index (χ3v) is 3.29. The van der Waals surface area contributed by atoms with E-state index in [0.29, 0.717) is 5.89 Å². The van der Waals surface area contributed by atoms with Gasteiger partial charge in [0.1, 0.15) is 0 Å². The average molecular weight is 265 g/mol. The molecule has 18 heavy (non-hydrogen) atoms. The minimum absolute atomic E-state index is 0.125. The van der Waals surface area contributed by atoms with Gasteiger partial charge in [-0.25, -0.2) is 0 Å². The van der Waals surface area contributed by atoms with Gasteiger partial charge in [0.05, 0.1) is 0 Å². The second-order valence-corrected chi connectivity index (χ2v) is 6.32. The van der Waals surface area contributed by atoms with Crippen molar-refractivity contribution in [2.24, 2.45) is 0 Å². The lowest BCUT2D eigenvalue weighted by Gasteiger charge is -2.19. The Bertz CT molecular complexity index is 471. The fourth-order valence-corrected chi connectivity index (χ4v) is 2.28. The summed E-state index contributed by atoms with van der Waals surface area (Å²) in [6.45, 7) is 7.28. The number of aromatic nitrogens is 2. The molecule has 1 N–H and O–H groups in total. The first kappa shape index (κ1) is 13.2. The van der Waals surface area contributed by atoms with E-state index in [2.05, 4.69) is 47.7 Å². The fraction of sp³-hybridized carbons (Fsp3) is 0.538. The molecule has 0 saturated heterocycles. The topological polar surface area (TPSA) is 51.0 Å². The Morgan fingerprint density at radius 2 is 2.22 bits per heavy atom. The van der Waals surface area contributed by atoms with Crippen LogP contribution in [0, 0.1) is 0 Å². The Morgan fingerprint density at radius 3 is 2.89 bits per heavy atom. The highest BCUT2D eigenvalue weighted by Gasteiger charge is 2.11. The Morgan fingerprint density at radius 1 is 1.39 bits per heavy atom. The zero-order valence-electron chi connectivity index (χ0n) is 11.1. The van der Waals surface area contributed by atoms with E-state index in [1.54, 1.807) is 11.3 Å². The predicted octanol–water partition coefficient (Wildman–Crippen LogP) is 2.65. The van der Waals surface area contributed by atoms with Gasteiger partial charge < -0.3 is 9.84 Å². The van der Waals surface area contributed by atoms with Gasteiger partial charge in [0.2, 0.25) is 5.89 Å². The van der Waals surface area contributed by atoms with E-state index in [9.17, 15) is 0 Å². The van der Waals surface area contributed by atoms with Crippen molar-refractivity contribution in [3.05, 3.63) is 34.1 Å². The third kappa shape index (κ3) is 4.23. The van der Waals surface area contributed by atoms with Crippen LogP contribution in [0.5, 0.6) is 0 Å². The summed E-state index contributed by atoms with van der Waals surface area (Å²) in [5.74, 6) is 1.47. The molecular weight excluding hydrogens is 246 g/mol. The summed E-state index contributed by atoms with van der Waals surface area (Å²) in [6, 6.07) is 4.12. The molecule has 0 saturated carbocycles. The van der Waals surface area contributed by atoms with Crippen LogP contribution in [-0.2, 0) is 12.8 Å². The van der Waals surface area contributed by atoms with Gasteiger partial charge in [-0.3, -0.25) is 0 Å². The molecule has 0 fully saturated rings. The molecule has 2 aromatic heterocycles. The molecular formula is C13H19N3OS. The Kier molecular flexibility index (Phi) is 4.14. The van der Waals surface area contributed by atoms with Crippen LogP contribution in [0.25, 0.3) is 0 Å². The molecule has 0 radical (unpaired) electrons. The number of rotatable bonds is 5. The first-order valence-electron chi connectivity index (χ1n) is 6.12. The highest BCUT2D eigenvalue weighted by molar-refractivity contribution is 7.09. The van der Waals surface area contributed by atoms with Crippen LogP contribution in [-0.4, -0.2) is 22.2 Å². The molecule has 5 heteroatoms. The molecule has 0 bridgehead atoms. The third-order valence-electron chi connectivity index (χ3n) is 2.42. The largest absolute Gasteiger partial charge is 0.339 e. The maximum absolute atomic E-state index is 5.23. The van der Waals surface area contributed by atoms with Gasteiger partial charge in [-0.05, 0) is 32.2 Å². The monoisotopic (exact) mass is 265 g/mol. The predicted molar refractivity (Wildman–Crippen MR) is 72.9 cm³/mol. The van der Waals surface area contributed by atoms with Crippen molar-refractivity contribution < 1.29 is 4.52 Å². The van der Waals surface area contributed by atoms with Gasteiger partial charge in [-0.15, -0.1) is 11.3 Å². The van der Waals surface area contributed by atoms with Crippen molar-refractivity contribution in [2.75, 3.05) is 6.54 Å². The van der Waals surface area contributed by atoms with Gasteiger partial charge >= 0.3 is 0 Å². The van der Waals surface area contributed by atoms with Crippen LogP contribution in [0.2, 0.25) is 0 Å². The number of nitrogens with zero attached hydrogens (tertiary/aromatic N) is 2. The van der Waals surface area contributed by atoms with Crippen LogP contribution in [0.4, 0.5) is 0 Å². The summed E-state index contributed by atoms with van der Waals surface area (Å²) < 4.78 is 5.23. The van der Waals surface area contributed by atoms with Crippen molar-refractivity contribution in [3.63, 3.8) is 0 Å². The van der Waals surface area contributed by atoms with E-state index in [-0.39, 0.29) is 5.54 Å². The van der Waals surface area contributed by atoms with Crippen molar-refractivity contribution in [1.82, 2.24) is 15.5 Å². The van der Waals surface area contributed by atoms with Crippen molar-refractivity contribution in [1.29, 1.82) is 0 Å². The molecule has 0 aromatic carbocycles. The van der Waals surface area contributed by atoms with Gasteiger partial charge in [0, 0.05) is 29.8 Å². The summed E-state index contributed by atoms with van der Waals surface area (Å²) in [7, 11) is 0. The SMILES string of the molecule is CC(C)(C)NCCc1nc(Cc2cccs2)no1. The summed E-state index contributed by atoms with van der Waals surface area (Å²) in [5, 5.41) is 9.46. The lowest BCUT2D eigenvalue weighted by Crippen LogP contribution is -2.37. The quantitative estimate of drug-likeness (QED) is 0.903. The van der Waals surface area contributed by atoms with E-state index in [4.69, 9.17) is 4.52 Å². The summed E-state index contributed by atoms with van der Waals surface area (Å²) in [4.78, 5) is 5.65. The Labute approximate surface area is 111 Å². The Hall–Kier alpha value is -1.20. The summed E-state index contributed by atoms with van der Waals surface area (Å²) in [5.41, 5.74) is 0.125. The highest BCUT2D eigenvalue weighted by atomic mass is 32.1. The molecule has 0 aliphatic rings. The molecule has 0 aliphatic carbocycles. The number of thiophene rings is 1. The van der Waals surface area contributed by atoms with Crippen molar-refractivity contribution in [3.8, 4) is 0 Å². The first-order valence-corrected chi connectivity index (χ1v) is 7.00. The maximum Gasteiger partial charge on any atom is 0.227 e. The van der Waals surface area contributed by atoms with Crippen LogP contribution in [0.15, 0.2) is 22.0 Å². The van der Waals surface area contributed by atoms with E-state index >= 15 is 0 Å². The van der Waals surface area contributed by atoms with Crippen molar-refractivity contribution >= 4 is 11.3 Å². The first-order chi connectivity index (χ1) is 8.53. The summed E-state index contributed by atoms with van der Waals surface area (Å²) in [6.07, 6.45) is 1.53. The Balaban J connectivity index is 1.83. The van der Waals surface area contributed by atoms with Crippen LogP contribution in [0.1, 0.15) is 37.4 Å². The minimum atomic E-state index is 0.125. The zero-order chi connectivity index (χ0) is 13.0. The molecule has 0 atom stereocenters. The zero-order valence-corrected chi connectivity index (χ0v) is 11.9. The molecule has 2 aromatic rings. The minimum Gasteiger partial charge on any atom is -0.339 e. The van der Waals surface area contributed by atoms with Gasteiger partial charge in [0.25, 0.3) is 0 Å². The maximum atomic E-state index is 5.23. The average Bonchev–Trinajstić information content (AvgIpc) is 2.89. The van der Waals surface area contributed by atoms with Crippen LogP contribution in [0.3, 0.4) is 0 Å². The lowest BCUT2D eigenvalue weighted by atomic mass is 10.1. The van der Waals surface area contributed by atoms with E-state index in [1.165, 1.54) is 4.88 Å². The molecule has 0 aliphatic heterocycles. The van der Waals surface area contributed by atoms with Gasteiger partial charge in [-0.1, -0.05) is 11.2 Å².